The molecule has 0 amide bonds. The summed E-state index contributed by atoms with van der Waals surface area (Å²) in [7, 11) is 0. The molecule has 0 aromatic carbocycles. The lowest BCUT2D eigenvalue weighted by atomic mass is 10.3. The van der Waals surface area contributed by atoms with Gasteiger partial charge in [0.15, 0.2) is 0 Å². The van der Waals surface area contributed by atoms with E-state index in [2.05, 4.69) is 10.3 Å². The zero-order valence-electron chi connectivity index (χ0n) is 10.2. The van der Waals surface area contributed by atoms with Crippen LogP contribution in [-0.2, 0) is 0 Å². The van der Waals surface area contributed by atoms with Crippen molar-refractivity contribution in [1.29, 1.82) is 0 Å². The Balaban J connectivity index is 2.45. The van der Waals surface area contributed by atoms with Gasteiger partial charge in [-0.25, -0.2) is 0 Å². The first kappa shape index (κ1) is 14.3. The van der Waals surface area contributed by atoms with E-state index in [4.69, 9.17) is 4.74 Å². The molecule has 0 saturated heterocycles. The number of hydrogen-bond acceptors (Lipinski definition) is 6. The number of pyridine rings is 1. The first-order valence-corrected chi connectivity index (χ1v) is 5.76. The Bertz CT molecular complexity index is 386. The lowest BCUT2D eigenvalue weighted by Crippen LogP contribution is -2.31. The van der Waals surface area contributed by atoms with Crippen LogP contribution in [0.15, 0.2) is 18.3 Å². The van der Waals surface area contributed by atoms with Crippen molar-refractivity contribution in [1.82, 2.24) is 10.3 Å². The van der Waals surface area contributed by atoms with Gasteiger partial charge in [-0.1, -0.05) is 6.92 Å². The van der Waals surface area contributed by atoms with Crippen LogP contribution in [-0.4, -0.2) is 40.8 Å². The van der Waals surface area contributed by atoms with Gasteiger partial charge in [0.05, 0.1) is 0 Å². The Labute approximate surface area is 105 Å². The average molecular weight is 255 g/mol. The van der Waals surface area contributed by atoms with Crippen molar-refractivity contribution >= 4 is 5.82 Å². The molecule has 0 radical (unpaired) electrons. The molecule has 1 atom stereocenters. The summed E-state index contributed by atoms with van der Waals surface area (Å²) in [5, 5.41) is 23.3. The van der Waals surface area contributed by atoms with Crippen LogP contribution >= 0.6 is 0 Å². The number of rotatable bonds is 8. The molecule has 2 N–H and O–H groups in total. The molecule has 100 valence electrons. The number of ether oxygens (including phenoxy) is 1. The Morgan fingerprint density at radius 1 is 1.67 bits per heavy atom. The zero-order chi connectivity index (χ0) is 13.4. The molecule has 1 unspecified atom stereocenters. The second-order valence-corrected chi connectivity index (χ2v) is 3.75. The highest BCUT2D eigenvalue weighted by molar-refractivity contribution is 5.38. The summed E-state index contributed by atoms with van der Waals surface area (Å²) < 4.78 is 5.20. The van der Waals surface area contributed by atoms with Gasteiger partial charge in [0.2, 0.25) is 5.75 Å². The Kier molecular flexibility index (Phi) is 6.03. The van der Waals surface area contributed by atoms with E-state index < -0.39 is 11.0 Å². The standard InChI is InChI=1S/C11H17N3O4/c1-2-5-12-7-9(15)8-18-10-4-3-6-13-11(10)14(16)17/h3-4,6,9,12,15H,2,5,7-8H2,1H3. The maximum Gasteiger partial charge on any atom is 0.406 e. The van der Waals surface area contributed by atoms with Gasteiger partial charge in [-0.05, 0) is 35.0 Å². The maximum absolute atomic E-state index is 10.7. The van der Waals surface area contributed by atoms with Crippen LogP contribution in [0.3, 0.4) is 0 Å². The van der Waals surface area contributed by atoms with Gasteiger partial charge < -0.3 is 25.3 Å². The SMILES string of the molecule is CCCNCC(O)COc1cccnc1[N+](=O)[O-]. The van der Waals surface area contributed by atoms with Crippen molar-refractivity contribution in [2.45, 2.75) is 19.4 Å². The van der Waals surface area contributed by atoms with Crippen molar-refractivity contribution in [2.75, 3.05) is 19.7 Å². The summed E-state index contributed by atoms with van der Waals surface area (Å²) in [6.07, 6.45) is 1.59. The number of aromatic nitrogens is 1. The highest BCUT2D eigenvalue weighted by atomic mass is 16.6. The van der Waals surface area contributed by atoms with Crippen LogP contribution in [0.1, 0.15) is 13.3 Å². The molecule has 7 nitrogen and oxygen atoms in total. The topological polar surface area (TPSA) is 97.5 Å². The first-order chi connectivity index (χ1) is 8.65. The van der Waals surface area contributed by atoms with Crippen LogP contribution < -0.4 is 10.1 Å². The van der Waals surface area contributed by atoms with Gasteiger partial charge in [-0.2, -0.15) is 0 Å². The smallest absolute Gasteiger partial charge is 0.406 e. The average Bonchev–Trinajstić information content (AvgIpc) is 2.37. The minimum Gasteiger partial charge on any atom is -0.483 e. The quantitative estimate of drug-likeness (QED) is 0.404. The van der Waals surface area contributed by atoms with E-state index in [0.717, 1.165) is 13.0 Å². The zero-order valence-corrected chi connectivity index (χ0v) is 10.2. The van der Waals surface area contributed by atoms with E-state index >= 15 is 0 Å². The van der Waals surface area contributed by atoms with E-state index in [0.29, 0.717) is 6.54 Å². The highest BCUT2D eigenvalue weighted by Gasteiger charge is 2.16. The van der Waals surface area contributed by atoms with Crippen molar-refractivity contribution in [3.8, 4) is 5.75 Å². The van der Waals surface area contributed by atoms with Crippen LogP contribution in [0.25, 0.3) is 0 Å². The molecule has 1 aromatic rings. The van der Waals surface area contributed by atoms with Crippen LogP contribution in [0, 0.1) is 10.1 Å². The summed E-state index contributed by atoms with van der Waals surface area (Å²) >= 11 is 0. The monoisotopic (exact) mass is 255 g/mol. The van der Waals surface area contributed by atoms with Gasteiger partial charge in [0.25, 0.3) is 0 Å². The molecule has 0 aliphatic carbocycles. The van der Waals surface area contributed by atoms with Crippen molar-refractivity contribution in [3.05, 3.63) is 28.4 Å². The molecule has 1 aromatic heterocycles. The van der Waals surface area contributed by atoms with E-state index in [9.17, 15) is 15.2 Å². The Hall–Kier alpha value is -1.73. The molecule has 1 heterocycles. The summed E-state index contributed by atoms with van der Waals surface area (Å²) in [6.45, 7) is 3.21. The largest absolute Gasteiger partial charge is 0.483 e. The summed E-state index contributed by atoms with van der Waals surface area (Å²) in [5.74, 6) is -0.275. The maximum atomic E-state index is 10.7. The minimum atomic E-state index is -0.712. The lowest BCUT2D eigenvalue weighted by molar-refractivity contribution is -0.390. The number of aliphatic hydroxyl groups is 1. The predicted octanol–water partition coefficient (Wildman–Crippen LogP) is 0.729. The number of nitrogens with one attached hydrogen (secondary N) is 1. The fourth-order valence-electron chi connectivity index (χ4n) is 1.32. The molecule has 7 heteroatoms. The molecule has 0 saturated carbocycles. The van der Waals surface area contributed by atoms with Crippen LogP contribution in [0.5, 0.6) is 5.75 Å². The molecule has 0 bridgehead atoms. The molecule has 18 heavy (non-hydrogen) atoms. The van der Waals surface area contributed by atoms with Crippen molar-refractivity contribution < 1.29 is 14.8 Å². The van der Waals surface area contributed by atoms with Crippen molar-refractivity contribution in [2.24, 2.45) is 0 Å². The normalized spacial score (nSPS) is 12.1. The van der Waals surface area contributed by atoms with Gasteiger partial charge in [-0.3, -0.25) is 0 Å². The molecule has 0 aliphatic rings. The highest BCUT2D eigenvalue weighted by Crippen LogP contribution is 2.22. The van der Waals surface area contributed by atoms with Gasteiger partial charge in [-0.15, -0.1) is 0 Å². The lowest BCUT2D eigenvalue weighted by Gasteiger charge is -2.12. The van der Waals surface area contributed by atoms with Gasteiger partial charge in [0.1, 0.15) is 18.9 Å². The number of nitrogens with zero attached hydrogens (tertiary/aromatic N) is 2. The number of hydrogen-bond donors (Lipinski definition) is 2. The summed E-state index contributed by atoms with van der Waals surface area (Å²) in [6, 6.07) is 3.00. The van der Waals surface area contributed by atoms with Gasteiger partial charge in [0, 0.05) is 6.54 Å². The third kappa shape index (κ3) is 4.64. The molecule has 1 rings (SSSR count). The second kappa shape index (κ2) is 7.57. The van der Waals surface area contributed by atoms with Crippen LogP contribution in [0.2, 0.25) is 0 Å². The summed E-state index contributed by atoms with van der Waals surface area (Å²) in [5.41, 5.74) is 0. The number of nitro groups is 1. The second-order valence-electron chi connectivity index (χ2n) is 3.75. The van der Waals surface area contributed by atoms with Crippen molar-refractivity contribution in [3.63, 3.8) is 0 Å². The predicted molar refractivity (Wildman–Crippen MR) is 65.6 cm³/mol. The fourth-order valence-corrected chi connectivity index (χ4v) is 1.32. The Morgan fingerprint density at radius 2 is 2.44 bits per heavy atom. The fraction of sp³-hybridized carbons (Fsp3) is 0.545. The van der Waals surface area contributed by atoms with Crippen LogP contribution in [0.4, 0.5) is 5.82 Å². The molecule has 0 spiro atoms. The van der Waals surface area contributed by atoms with Gasteiger partial charge >= 0.3 is 5.82 Å². The molecular formula is C11H17N3O4. The Morgan fingerprint density at radius 3 is 3.11 bits per heavy atom. The van der Waals surface area contributed by atoms with E-state index in [1.807, 2.05) is 6.92 Å². The van der Waals surface area contributed by atoms with E-state index in [1.165, 1.54) is 12.3 Å². The molecular weight excluding hydrogens is 238 g/mol. The van der Waals surface area contributed by atoms with E-state index in [-0.39, 0.29) is 18.2 Å². The summed E-state index contributed by atoms with van der Waals surface area (Å²) in [4.78, 5) is 13.7. The first-order valence-electron chi connectivity index (χ1n) is 5.76. The van der Waals surface area contributed by atoms with E-state index in [1.54, 1.807) is 6.07 Å². The third-order valence-electron chi connectivity index (χ3n) is 2.16. The molecule has 0 fully saturated rings. The molecule has 0 aliphatic heterocycles. The number of aliphatic hydroxyl groups excluding tert-OH is 1. The third-order valence-corrected chi connectivity index (χ3v) is 2.16. The minimum absolute atomic E-state index is 0.0107.